The minimum Gasteiger partial charge on any atom is -0.394 e. The molecule has 30 atom stereocenters. The molecule has 440 valence electrons. The molecule has 0 aromatic carbocycles. The minimum absolute atomic E-state index is 0.738. The van der Waals surface area contributed by atoms with Crippen LogP contribution < -0.4 is 16.0 Å². The van der Waals surface area contributed by atoms with Crippen molar-refractivity contribution in [3.63, 3.8) is 0 Å². The van der Waals surface area contributed by atoms with Crippen molar-refractivity contribution in [2.45, 2.75) is 205 Å². The molecule has 34 nitrogen and oxygen atoms in total. The van der Waals surface area contributed by atoms with Gasteiger partial charge in [-0.3, -0.25) is 14.4 Å². The molecule has 0 saturated carbocycles. The van der Waals surface area contributed by atoms with E-state index < -0.39 is 241 Å². The van der Waals surface area contributed by atoms with E-state index in [2.05, 4.69) is 16.0 Å². The first-order valence-electron chi connectivity index (χ1n) is 24.1. The minimum atomic E-state index is -2.32. The average molecular weight is 1110 g/mol. The Balaban J connectivity index is 1.30. The second-order valence-electron chi connectivity index (χ2n) is 19.0. The third kappa shape index (κ3) is 13.7. The van der Waals surface area contributed by atoms with Crippen LogP contribution in [0.4, 0.5) is 0 Å². The van der Waals surface area contributed by atoms with Gasteiger partial charge in [0, 0.05) is 20.8 Å². The van der Waals surface area contributed by atoms with E-state index in [-0.39, 0.29) is 0 Å². The molecule has 0 spiro atoms. The molecule has 20 N–H and O–H groups in total. The zero-order valence-electron chi connectivity index (χ0n) is 40.9. The molecule has 6 saturated heterocycles. The highest BCUT2D eigenvalue weighted by Gasteiger charge is 2.58. The molecule has 0 aromatic heterocycles. The molecule has 0 unspecified atom stereocenters. The number of ether oxygens (including phenoxy) is 11. The van der Waals surface area contributed by atoms with Gasteiger partial charge in [0.25, 0.3) is 0 Å². The van der Waals surface area contributed by atoms with Gasteiger partial charge in [0.2, 0.25) is 17.7 Å². The number of nitrogens with one attached hydrogen (secondary N) is 3. The maximum absolute atomic E-state index is 12.8. The van der Waals surface area contributed by atoms with Gasteiger partial charge in [-0.25, -0.2) is 0 Å². The first kappa shape index (κ1) is 62.5. The van der Waals surface area contributed by atoms with E-state index in [0.717, 1.165) is 20.8 Å². The Morgan fingerprint density at radius 1 is 0.342 bits per heavy atom. The van der Waals surface area contributed by atoms with Crippen LogP contribution in [0.5, 0.6) is 0 Å². The fourth-order valence-corrected chi connectivity index (χ4v) is 9.62. The Bertz CT molecular complexity index is 1870. The molecule has 0 radical (unpaired) electrons. The van der Waals surface area contributed by atoms with Gasteiger partial charge >= 0.3 is 0 Å². The number of carbonyl (C=O) groups is 3. The summed E-state index contributed by atoms with van der Waals surface area (Å²) in [7, 11) is 0. The predicted octanol–water partition coefficient (Wildman–Crippen LogP) is -13.7. The molecular formula is C42H71N3O31. The summed E-state index contributed by atoms with van der Waals surface area (Å²) in [5, 5.41) is 190. The van der Waals surface area contributed by atoms with Crippen LogP contribution in [0.3, 0.4) is 0 Å². The highest BCUT2D eigenvalue weighted by molar-refractivity contribution is 5.74. The number of aliphatic hydroxyl groups excluding tert-OH is 17. The summed E-state index contributed by atoms with van der Waals surface area (Å²) in [6.45, 7) is -2.59. The summed E-state index contributed by atoms with van der Waals surface area (Å²) in [5.41, 5.74) is 0. The Kier molecular flexibility index (Phi) is 22.3. The summed E-state index contributed by atoms with van der Waals surface area (Å²) >= 11 is 0. The van der Waals surface area contributed by atoms with Crippen LogP contribution in [0.2, 0.25) is 0 Å². The van der Waals surface area contributed by atoms with E-state index in [9.17, 15) is 101 Å². The lowest BCUT2D eigenvalue weighted by Gasteiger charge is -2.50. The third-order valence-electron chi connectivity index (χ3n) is 13.6. The van der Waals surface area contributed by atoms with Crippen molar-refractivity contribution >= 4 is 17.7 Å². The molecule has 76 heavy (non-hydrogen) atoms. The number of hydrogen-bond acceptors (Lipinski definition) is 31. The normalized spacial score (nSPS) is 48.2. The number of rotatable bonds is 19. The van der Waals surface area contributed by atoms with Crippen molar-refractivity contribution < 1.29 is 153 Å². The fraction of sp³-hybridized carbons (Fsp3) is 0.929. The van der Waals surface area contributed by atoms with E-state index >= 15 is 0 Å². The summed E-state index contributed by atoms with van der Waals surface area (Å²) in [5.74, 6) is -2.36. The molecule has 34 heteroatoms. The molecule has 0 bridgehead atoms. The van der Waals surface area contributed by atoms with Gasteiger partial charge in [0.1, 0.15) is 146 Å². The Hall–Kier alpha value is -2.71. The van der Waals surface area contributed by atoms with Crippen LogP contribution in [-0.2, 0) is 66.5 Å². The molecule has 6 aliphatic rings. The van der Waals surface area contributed by atoms with E-state index in [1.54, 1.807) is 0 Å². The standard InChI is InChI=1S/C42H71N3O31/c1-10(51)43-19-27(59)22(54)13(4-46)68-38(19)66-9-18-26(58)36(32(64)42(72-18)73-33-17(8-50)67-37(65)30(62)29(33)61)76-41-31(63)35(25(57)16(7-49)71-41)75-40-21(45-12(3)53)34(24(56)15(6-48)70-40)74-39-20(44-11(2)52)28(60)23(55)14(5-47)69-39/h13-42,46-50,54-65H,4-9H2,1-3H3,(H,43,51)(H,44,52)(H,45,53)/t13-,14-,15-,16-,17-,18-,19-,20-,21-,22-,23+,24+,25+,26+,27-,28-,29-,30-,31-,32-,33-,34-,35+,36+,37-,38-,39-,40+,41-,42+/m1/s1. The SMILES string of the molecule is CC(=O)N[C@H]1[C@@H](O[C@H]2[C@@H](O)[C@@H](CO)O[C@@H](O[C@H]3[C@@H](O)[C@@H](CO)O[C@H](O[C@H]4[C@@H](O)[C@@H](CO[C@@H]5O[C@H](CO)[C@@H](O)[C@H](O)[C@H]5NC(C)=O)O[C@@H](O[C@H]5[C@H](O)[C@@H](O)[C@H](O)O[C@@H]5CO)[C@@H]4O)[C@@H]3O)[C@@H]2NC(C)=O)O[C@H](CO)[C@H](O)[C@@H]1O. The Morgan fingerprint density at radius 2 is 0.684 bits per heavy atom. The number of aliphatic hydroxyl groups is 17. The quantitative estimate of drug-likeness (QED) is 0.0571. The highest BCUT2D eigenvalue weighted by Crippen LogP contribution is 2.36. The fourth-order valence-electron chi connectivity index (χ4n) is 9.62. The molecule has 6 rings (SSSR count). The number of carbonyl (C=O) groups excluding carboxylic acids is 3. The molecule has 0 aliphatic carbocycles. The number of amides is 3. The van der Waals surface area contributed by atoms with Crippen molar-refractivity contribution in [1.82, 2.24) is 16.0 Å². The van der Waals surface area contributed by atoms with E-state index in [0.29, 0.717) is 0 Å². The lowest BCUT2D eigenvalue weighted by molar-refractivity contribution is -0.390. The number of hydrogen-bond donors (Lipinski definition) is 20. The van der Waals surface area contributed by atoms with E-state index in [1.165, 1.54) is 0 Å². The molecule has 3 amide bonds. The molecule has 6 fully saturated rings. The van der Waals surface area contributed by atoms with Crippen LogP contribution in [0.15, 0.2) is 0 Å². The van der Waals surface area contributed by atoms with Crippen LogP contribution in [0, 0.1) is 0 Å². The van der Waals surface area contributed by atoms with Crippen molar-refractivity contribution in [3.8, 4) is 0 Å². The lowest BCUT2D eigenvalue weighted by Crippen LogP contribution is -2.71. The second kappa shape index (κ2) is 27.2. The lowest BCUT2D eigenvalue weighted by atomic mass is 9.93. The Morgan fingerprint density at radius 3 is 1.16 bits per heavy atom. The first-order valence-corrected chi connectivity index (χ1v) is 24.1. The zero-order valence-corrected chi connectivity index (χ0v) is 40.9. The van der Waals surface area contributed by atoms with Crippen molar-refractivity contribution in [3.05, 3.63) is 0 Å². The summed E-state index contributed by atoms with van der Waals surface area (Å²) in [6.07, 6.45) is -52.0. The van der Waals surface area contributed by atoms with Crippen LogP contribution in [-0.4, -0.2) is 328 Å². The molecule has 6 aliphatic heterocycles. The van der Waals surface area contributed by atoms with Gasteiger partial charge in [0.05, 0.1) is 39.6 Å². The maximum atomic E-state index is 12.8. The van der Waals surface area contributed by atoms with Crippen LogP contribution in [0.25, 0.3) is 0 Å². The second-order valence-corrected chi connectivity index (χ2v) is 19.0. The van der Waals surface area contributed by atoms with Crippen molar-refractivity contribution in [2.24, 2.45) is 0 Å². The Labute approximate surface area is 431 Å². The van der Waals surface area contributed by atoms with E-state index in [4.69, 9.17) is 52.1 Å². The van der Waals surface area contributed by atoms with E-state index in [1.807, 2.05) is 0 Å². The van der Waals surface area contributed by atoms with Gasteiger partial charge < -0.3 is 155 Å². The first-order chi connectivity index (χ1) is 35.9. The largest absolute Gasteiger partial charge is 0.394 e. The molecular weight excluding hydrogens is 1040 g/mol. The zero-order chi connectivity index (χ0) is 56.2. The van der Waals surface area contributed by atoms with Crippen molar-refractivity contribution in [2.75, 3.05) is 39.6 Å². The predicted molar refractivity (Wildman–Crippen MR) is 234 cm³/mol. The van der Waals surface area contributed by atoms with Gasteiger partial charge in [0.15, 0.2) is 37.7 Å². The summed E-state index contributed by atoms with van der Waals surface area (Å²) in [4.78, 5) is 37.0. The topological polar surface area (TPSA) is 533 Å². The van der Waals surface area contributed by atoms with Gasteiger partial charge in [-0.2, -0.15) is 0 Å². The van der Waals surface area contributed by atoms with Crippen LogP contribution >= 0.6 is 0 Å². The average Bonchev–Trinajstić information content (AvgIpc) is 3.38. The van der Waals surface area contributed by atoms with Gasteiger partial charge in [-0.1, -0.05) is 0 Å². The third-order valence-corrected chi connectivity index (χ3v) is 13.6. The monoisotopic (exact) mass is 1110 g/mol. The van der Waals surface area contributed by atoms with Gasteiger partial charge in [-0.15, -0.1) is 0 Å². The smallest absolute Gasteiger partial charge is 0.217 e. The maximum Gasteiger partial charge on any atom is 0.217 e. The summed E-state index contributed by atoms with van der Waals surface area (Å²) < 4.78 is 63.4. The van der Waals surface area contributed by atoms with Gasteiger partial charge in [-0.05, 0) is 0 Å². The molecule has 6 heterocycles. The van der Waals surface area contributed by atoms with Crippen molar-refractivity contribution in [1.29, 1.82) is 0 Å². The highest BCUT2D eigenvalue weighted by atomic mass is 16.8. The van der Waals surface area contributed by atoms with Crippen LogP contribution in [0.1, 0.15) is 20.8 Å². The summed E-state index contributed by atoms with van der Waals surface area (Å²) in [6, 6.07) is -4.91. The molecule has 0 aromatic rings.